The number of benzene rings is 10. The molecule has 10 aromatic carbocycles. The molecule has 14 rings (SSSR count). The van der Waals surface area contributed by atoms with Crippen LogP contribution in [0.3, 0.4) is 0 Å². The molecule has 0 radical (unpaired) electrons. The Kier molecular flexibility index (Phi) is 14.7. The molecule has 0 saturated carbocycles. The Bertz CT molecular complexity index is 4540. The average Bonchev–Trinajstić information content (AvgIpc) is 1.57. The van der Waals surface area contributed by atoms with Crippen LogP contribution in [0.2, 0.25) is 0 Å². The zero-order valence-electron chi connectivity index (χ0n) is 53.0. The quantitative estimate of drug-likeness (QED) is 0.135. The Labute approximate surface area is 541 Å². The summed E-state index contributed by atoms with van der Waals surface area (Å²) < 4.78 is 9.04. The molecule has 0 atom stereocenters. The molecular weight excluding hydrogens is 1260 g/mol. The SMILES string of the molecule is CC(C)(C)c1ccc(C2(c3cc(-c4ccccc4)c(N4[CH-]N(c5[c-]c(Oc6[c-]c7c(cc6)c6ccccc6n7-c6cc(C(C)(C)C)ccn6)ccc5)c5ccccc54)c(-c4ccccc4)c3)c3ccc(C(C)(C)C)cc3-c3cc(C(C)(C)C)ccc32)cc1.[Pt]. The first-order valence-electron chi connectivity index (χ1n) is 31.0. The minimum atomic E-state index is -0.708. The summed E-state index contributed by atoms with van der Waals surface area (Å²) in [6.07, 6.45) is 1.91. The van der Waals surface area contributed by atoms with Gasteiger partial charge in [-0.1, -0.05) is 240 Å². The molecule has 1 aliphatic carbocycles. The number of hydrogen-bond acceptors (Lipinski definition) is 4. The van der Waals surface area contributed by atoms with Gasteiger partial charge in [-0.05, 0) is 136 Å². The largest absolute Gasteiger partial charge is 0.509 e. The van der Waals surface area contributed by atoms with Crippen molar-refractivity contribution < 1.29 is 25.8 Å². The number of fused-ring (bicyclic) bond motifs is 7. The monoisotopic (exact) mass is 1340 g/mol. The Balaban J connectivity index is 0.00000729. The zero-order valence-corrected chi connectivity index (χ0v) is 55.3. The van der Waals surface area contributed by atoms with E-state index in [0.29, 0.717) is 11.5 Å². The summed E-state index contributed by atoms with van der Waals surface area (Å²) in [6.45, 7) is 29.8. The Morgan fingerprint density at radius 2 is 0.933 bits per heavy atom. The first-order valence-corrected chi connectivity index (χ1v) is 31.0. The zero-order chi connectivity index (χ0) is 61.1. The third-order valence-electron chi connectivity index (χ3n) is 18.3. The van der Waals surface area contributed by atoms with Crippen LogP contribution in [0.15, 0.2) is 231 Å². The minimum absolute atomic E-state index is 0. The van der Waals surface area contributed by atoms with E-state index in [1.165, 1.54) is 55.6 Å². The number of nitrogens with zero attached hydrogens (tertiary/aromatic N) is 4. The molecule has 0 fully saturated rings. The average molecular weight is 1340 g/mol. The maximum absolute atomic E-state index is 6.83. The van der Waals surface area contributed by atoms with E-state index in [1.807, 2.05) is 18.3 Å². The standard InChI is InChI=1S/C83H75N4O.Pt/c1-79(2,3)56-34-36-57(37-35-56)83(71-42-38-58(80(4,5)6)46-69(71)70-47-59(81(7,8)9)39-43-72(70)83)61-48-67(54-24-15-13-16-25-54)78(68(49-61)55-26-17-14-18-27-55)86-53-85(74-32-21-22-33-75(74)86)62-28-23-29-63(51-62)88-64-40-41-66-65-30-19-20-31-73(65)87(76(66)52-64)77-50-60(44-45-84-77)82(10,11)12;/h13-50,53H,1-12H3;/q-3;. The van der Waals surface area contributed by atoms with Crippen LogP contribution in [0.4, 0.5) is 22.7 Å². The van der Waals surface area contributed by atoms with Gasteiger partial charge in [0.25, 0.3) is 0 Å². The summed E-state index contributed by atoms with van der Waals surface area (Å²) in [7, 11) is 0. The normalized spacial score (nSPS) is 13.8. The van der Waals surface area contributed by atoms with Crippen LogP contribution in [0.5, 0.6) is 11.5 Å². The van der Waals surface area contributed by atoms with E-state index >= 15 is 0 Å². The summed E-state index contributed by atoms with van der Waals surface area (Å²) in [4.78, 5) is 9.57. The molecule has 2 aliphatic rings. The Morgan fingerprint density at radius 3 is 1.52 bits per heavy atom. The predicted molar refractivity (Wildman–Crippen MR) is 367 cm³/mol. The van der Waals surface area contributed by atoms with Crippen LogP contribution in [0.1, 0.15) is 128 Å². The van der Waals surface area contributed by atoms with Crippen LogP contribution in [-0.4, -0.2) is 9.55 Å². The Morgan fingerprint density at radius 1 is 0.416 bits per heavy atom. The topological polar surface area (TPSA) is 33.5 Å². The van der Waals surface area contributed by atoms with Gasteiger partial charge in [-0.2, -0.15) is 12.1 Å². The van der Waals surface area contributed by atoms with Crippen molar-refractivity contribution in [3.05, 3.63) is 294 Å². The number of pyridine rings is 1. The molecule has 6 heteroatoms. The molecule has 0 bridgehead atoms. The summed E-state index contributed by atoms with van der Waals surface area (Å²) >= 11 is 0. The first-order chi connectivity index (χ1) is 42.1. The fraction of sp³-hybridized carbons (Fsp3) is 0.205. The second-order valence-corrected chi connectivity index (χ2v) is 28.2. The molecular formula is C83H75N4OPt-3. The summed E-state index contributed by atoms with van der Waals surface area (Å²) in [6, 6.07) is 90.5. The van der Waals surface area contributed by atoms with Gasteiger partial charge in [0.15, 0.2) is 0 Å². The van der Waals surface area contributed by atoms with Gasteiger partial charge in [0, 0.05) is 72.5 Å². The van der Waals surface area contributed by atoms with Crippen LogP contribution in [-0.2, 0) is 48.1 Å². The molecule has 0 saturated heterocycles. The van der Waals surface area contributed by atoms with Gasteiger partial charge in [0.2, 0.25) is 0 Å². The van der Waals surface area contributed by atoms with Crippen molar-refractivity contribution in [1.29, 1.82) is 0 Å². The second kappa shape index (κ2) is 22.1. The smallest absolute Gasteiger partial charge is 0.135 e. The summed E-state index contributed by atoms with van der Waals surface area (Å²) in [5, 5.41) is 2.21. The number of aromatic nitrogens is 2. The number of para-hydroxylation sites is 3. The number of ether oxygens (including phenoxy) is 1. The molecule has 0 amide bonds. The van der Waals surface area contributed by atoms with E-state index < -0.39 is 5.41 Å². The van der Waals surface area contributed by atoms with Gasteiger partial charge in [-0.15, -0.1) is 48.1 Å². The molecule has 2 aromatic heterocycles. The first kappa shape index (κ1) is 59.2. The molecule has 0 N–H and O–H groups in total. The third-order valence-corrected chi connectivity index (χ3v) is 18.3. The van der Waals surface area contributed by atoms with Crippen LogP contribution in [0.25, 0.3) is 61.0 Å². The minimum Gasteiger partial charge on any atom is -0.509 e. The fourth-order valence-corrected chi connectivity index (χ4v) is 13.5. The second-order valence-electron chi connectivity index (χ2n) is 28.2. The van der Waals surface area contributed by atoms with Crippen molar-refractivity contribution in [3.8, 4) is 50.7 Å². The van der Waals surface area contributed by atoms with Gasteiger partial charge in [0.1, 0.15) is 5.82 Å². The molecule has 0 spiro atoms. The van der Waals surface area contributed by atoms with E-state index in [1.54, 1.807) is 0 Å². The van der Waals surface area contributed by atoms with Gasteiger partial charge >= 0.3 is 0 Å². The van der Waals surface area contributed by atoms with Crippen molar-refractivity contribution in [2.75, 3.05) is 9.80 Å². The van der Waals surface area contributed by atoms with Gasteiger partial charge in [-0.3, -0.25) is 0 Å². The van der Waals surface area contributed by atoms with Crippen molar-refractivity contribution >= 4 is 44.6 Å². The molecule has 12 aromatic rings. The molecule has 5 nitrogen and oxygen atoms in total. The van der Waals surface area contributed by atoms with Crippen LogP contribution < -0.4 is 14.5 Å². The summed E-state index contributed by atoms with van der Waals surface area (Å²) in [5.74, 6) is 2.01. The molecule has 0 unspecified atom stereocenters. The number of hydrogen-bond donors (Lipinski definition) is 0. The fourth-order valence-electron chi connectivity index (χ4n) is 13.5. The predicted octanol–water partition coefficient (Wildman–Crippen LogP) is 21.9. The van der Waals surface area contributed by atoms with Gasteiger partial charge in [0.05, 0.1) is 5.41 Å². The van der Waals surface area contributed by atoms with Gasteiger partial charge < -0.3 is 19.1 Å². The van der Waals surface area contributed by atoms with Crippen molar-refractivity contribution in [2.24, 2.45) is 0 Å². The number of rotatable bonds is 9. The molecule has 446 valence electrons. The van der Waals surface area contributed by atoms with E-state index in [9.17, 15) is 0 Å². The van der Waals surface area contributed by atoms with E-state index in [2.05, 4.69) is 329 Å². The van der Waals surface area contributed by atoms with Gasteiger partial charge in [-0.25, -0.2) is 4.98 Å². The van der Waals surface area contributed by atoms with E-state index in [-0.39, 0.29) is 42.7 Å². The molecule has 89 heavy (non-hydrogen) atoms. The van der Waals surface area contributed by atoms with Crippen molar-refractivity contribution in [2.45, 2.75) is 110 Å². The molecule has 1 aliphatic heterocycles. The van der Waals surface area contributed by atoms with Crippen molar-refractivity contribution in [3.63, 3.8) is 0 Å². The third kappa shape index (κ3) is 10.3. The van der Waals surface area contributed by atoms with Crippen LogP contribution in [0, 0.1) is 18.8 Å². The number of anilines is 4. The Hall–Kier alpha value is -8.76. The molecule has 3 heterocycles. The summed E-state index contributed by atoms with van der Waals surface area (Å²) in [5.41, 5.74) is 22.3. The van der Waals surface area contributed by atoms with Crippen molar-refractivity contribution in [1.82, 2.24) is 9.55 Å². The van der Waals surface area contributed by atoms with E-state index in [4.69, 9.17) is 9.72 Å². The maximum Gasteiger partial charge on any atom is 0.135 e. The van der Waals surface area contributed by atoms with E-state index in [0.717, 1.165) is 72.6 Å². The maximum atomic E-state index is 6.83. The van der Waals surface area contributed by atoms with Crippen LogP contribution >= 0.6 is 0 Å².